The molecule has 0 bridgehead atoms. The van der Waals surface area contributed by atoms with Crippen LogP contribution in [0.25, 0.3) is 11.5 Å². The summed E-state index contributed by atoms with van der Waals surface area (Å²) in [5, 5.41) is 18.9. The van der Waals surface area contributed by atoms with Crippen LogP contribution in [0.4, 0.5) is 5.69 Å². The summed E-state index contributed by atoms with van der Waals surface area (Å²) in [5.41, 5.74) is 0.505. The minimum atomic E-state index is -0.491. The number of rotatable bonds is 5. The second-order valence-electron chi connectivity index (χ2n) is 5.13. The second-order valence-corrected chi connectivity index (χ2v) is 5.13. The molecule has 0 unspecified atom stereocenters. The highest BCUT2D eigenvalue weighted by Gasteiger charge is 2.19. The number of hydrogen-bond donors (Lipinski definition) is 0. The number of aromatic nitrogens is 2. The van der Waals surface area contributed by atoms with Crippen LogP contribution in [0.15, 0.2) is 22.6 Å². The van der Waals surface area contributed by atoms with E-state index in [4.69, 9.17) is 9.15 Å². The second kappa shape index (κ2) is 6.10. The van der Waals surface area contributed by atoms with E-state index in [9.17, 15) is 10.1 Å². The van der Waals surface area contributed by atoms with Gasteiger partial charge in [0.05, 0.1) is 18.6 Å². The standard InChI is InChI=1S/C14H16N4O4/c1-21-12-8-10(4-5-11(12)18(19)20)14-16-15-13(22-14)9-17-6-2-3-7-17/h4-5,8H,2-3,6-7,9H2,1H3. The Labute approximate surface area is 126 Å². The molecule has 22 heavy (non-hydrogen) atoms. The third-order valence-corrected chi connectivity index (χ3v) is 3.65. The van der Waals surface area contributed by atoms with E-state index in [0.29, 0.717) is 23.9 Å². The Kier molecular flexibility index (Phi) is 4.01. The first-order valence-electron chi connectivity index (χ1n) is 7.05. The van der Waals surface area contributed by atoms with E-state index in [1.54, 1.807) is 6.07 Å². The number of nitro benzene ring substituents is 1. The number of ether oxygens (including phenoxy) is 1. The number of methoxy groups -OCH3 is 1. The lowest BCUT2D eigenvalue weighted by atomic mass is 10.2. The smallest absolute Gasteiger partial charge is 0.310 e. The summed E-state index contributed by atoms with van der Waals surface area (Å²) in [5.74, 6) is 1.05. The molecule has 2 aromatic rings. The molecule has 0 N–H and O–H groups in total. The van der Waals surface area contributed by atoms with Crippen molar-refractivity contribution in [1.29, 1.82) is 0 Å². The molecule has 0 saturated carbocycles. The fourth-order valence-corrected chi connectivity index (χ4v) is 2.53. The zero-order chi connectivity index (χ0) is 15.5. The number of hydrogen-bond acceptors (Lipinski definition) is 7. The van der Waals surface area contributed by atoms with Crippen LogP contribution in [0.3, 0.4) is 0 Å². The fourth-order valence-electron chi connectivity index (χ4n) is 2.53. The van der Waals surface area contributed by atoms with Crippen molar-refractivity contribution in [2.75, 3.05) is 20.2 Å². The van der Waals surface area contributed by atoms with Gasteiger partial charge in [0.2, 0.25) is 11.8 Å². The lowest BCUT2D eigenvalue weighted by Crippen LogP contribution is -2.18. The summed E-state index contributed by atoms with van der Waals surface area (Å²) >= 11 is 0. The van der Waals surface area contributed by atoms with Crippen molar-refractivity contribution in [2.24, 2.45) is 0 Å². The molecule has 1 fully saturated rings. The summed E-state index contributed by atoms with van der Waals surface area (Å²) < 4.78 is 10.7. The molecule has 8 nitrogen and oxygen atoms in total. The number of likely N-dealkylation sites (tertiary alicyclic amines) is 1. The molecule has 2 heterocycles. The molecule has 0 radical (unpaired) electrons. The van der Waals surface area contributed by atoms with E-state index in [0.717, 1.165) is 13.1 Å². The van der Waals surface area contributed by atoms with Crippen LogP contribution in [-0.4, -0.2) is 40.2 Å². The minimum absolute atomic E-state index is 0.0944. The first kappa shape index (κ1) is 14.5. The normalized spacial score (nSPS) is 15.1. The van der Waals surface area contributed by atoms with Gasteiger partial charge in [0, 0.05) is 17.7 Å². The molecule has 1 aliphatic rings. The average Bonchev–Trinajstić information content (AvgIpc) is 3.18. The quantitative estimate of drug-likeness (QED) is 0.617. The Balaban J connectivity index is 1.81. The van der Waals surface area contributed by atoms with Crippen LogP contribution in [-0.2, 0) is 6.54 Å². The van der Waals surface area contributed by atoms with E-state index in [-0.39, 0.29) is 11.4 Å². The Morgan fingerprint density at radius 2 is 2.14 bits per heavy atom. The van der Waals surface area contributed by atoms with E-state index < -0.39 is 4.92 Å². The van der Waals surface area contributed by atoms with Gasteiger partial charge in [0.25, 0.3) is 0 Å². The van der Waals surface area contributed by atoms with Crippen molar-refractivity contribution in [3.05, 3.63) is 34.2 Å². The summed E-state index contributed by atoms with van der Waals surface area (Å²) in [4.78, 5) is 12.7. The molecule has 0 amide bonds. The average molecular weight is 304 g/mol. The van der Waals surface area contributed by atoms with E-state index in [2.05, 4.69) is 15.1 Å². The summed E-state index contributed by atoms with van der Waals surface area (Å²) in [6, 6.07) is 4.48. The number of nitrogens with zero attached hydrogens (tertiary/aromatic N) is 4. The van der Waals surface area contributed by atoms with E-state index in [1.165, 1.54) is 32.1 Å². The monoisotopic (exact) mass is 304 g/mol. The predicted molar refractivity (Wildman–Crippen MR) is 77.5 cm³/mol. The number of nitro groups is 1. The summed E-state index contributed by atoms with van der Waals surface area (Å²) in [7, 11) is 1.39. The zero-order valence-electron chi connectivity index (χ0n) is 12.2. The molecule has 0 atom stereocenters. The molecule has 1 aliphatic heterocycles. The van der Waals surface area contributed by atoms with Crippen LogP contribution in [0.5, 0.6) is 5.75 Å². The van der Waals surface area contributed by atoms with Gasteiger partial charge in [-0.15, -0.1) is 10.2 Å². The minimum Gasteiger partial charge on any atom is -0.490 e. The topological polar surface area (TPSA) is 94.5 Å². The highest BCUT2D eigenvalue weighted by atomic mass is 16.6. The van der Waals surface area contributed by atoms with Gasteiger partial charge in [-0.2, -0.15) is 0 Å². The van der Waals surface area contributed by atoms with Gasteiger partial charge in [-0.3, -0.25) is 15.0 Å². The maximum atomic E-state index is 10.9. The lowest BCUT2D eigenvalue weighted by molar-refractivity contribution is -0.385. The van der Waals surface area contributed by atoms with Gasteiger partial charge in [0.15, 0.2) is 5.75 Å². The molecule has 0 aliphatic carbocycles. The van der Waals surface area contributed by atoms with Crippen molar-refractivity contribution < 1.29 is 14.1 Å². The highest BCUT2D eigenvalue weighted by Crippen LogP contribution is 2.31. The van der Waals surface area contributed by atoms with Gasteiger partial charge in [0.1, 0.15) is 0 Å². The van der Waals surface area contributed by atoms with Crippen molar-refractivity contribution in [2.45, 2.75) is 19.4 Å². The summed E-state index contributed by atoms with van der Waals surface area (Å²) in [6.07, 6.45) is 2.39. The molecule has 1 aromatic carbocycles. The SMILES string of the molecule is COc1cc(-c2nnc(CN3CCCC3)o2)ccc1[N+](=O)[O-]. The van der Waals surface area contributed by atoms with Gasteiger partial charge < -0.3 is 9.15 Å². The number of benzene rings is 1. The molecular weight excluding hydrogens is 288 g/mol. The Bertz CT molecular complexity index is 679. The van der Waals surface area contributed by atoms with Gasteiger partial charge in [-0.25, -0.2) is 0 Å². The van der Waals surface area contributed by atoms with Crippen molar-refractivity contribution in [1.82, 2.24) is 15.1 Å². The first-order valence-corrected chi connectivity index (χ1v) is 7.05. The molecule has 0 spiro atoms. The van der Waals surface area contributed by atoms with Crippen LogP contribution >= 0.6 is 0 Å². The molecule has 3 rings (SSSR count). The van der Waals surface area contributed by atoms with Crippen molar-refractivity contribution in [3.8, 4) is 17.2 Å². The largest absolute Gasteiger partial charge is 0.490 e. The molecule has 1 aromatic heterocycles. The van der Waals surface area contributed by atoms with Gasteiger partial charge >= 0.3 is 5.69 Å². The maximum Gasteiger partial charge on any atom is 0.310 e. The molecule has 116 valence electrons. The first-order chi connectivity index (χ1) is 10.7. The zero-order valence-corrected chi connectivity index (χ0v) is 12.2. The third kappa shape index (κ3) is 2.91. The molecule has 8 heteroatoms. The Morgan fingerprint density at radius 3 is 2.82 bits per heavy atom. The Morgan fingerprint density at radius 1 is 1.36 bits per heavy atom. The Hall–Kier alpha value is -2.48. The molecule has 1 saturated heterocycles. The van der Waals surface area contributed by atoms with Gasteiger partial charge in [-0.1, -0.05) is 0 Å². The van der Waals surface area contributed by atoms with Crippen LogP contribution in [0.2, 0.25) is 0 Å². The van der Waals surface area contributed by atoms with Crippen LogP contribution < -0.4 is 4.74 Å². The van der Waals surface area contributed by atoms with E-state index in [1.807, 2.05) is 0 Å². The van der Waals surface area contributed by atoms with E-state index >= 15 is 0 Å². The van der Waals surface area contributed by atoms with Crippen LogP contribution in [0.1, 0.15) is 18.7 Å². The lowest BCUT2D eigenvalue weighted by Gasteiger charge is -2.10. The third-order valence-electron chi connectivity index (χ3n) is 3.65. The fraction of sp³-hybridized carbons (Fsp3) is 0.429. The van der Waals surface area contributed by atoms with Crippen molar-refractivity contribution >= 4 is 5.69 Å². The van der Waals surface area contributed by atoms with Crippen LogP contribution in [0, 0.1) is 10.1 Å². The van der Waals surface area contributed by atoms with Gasteiger partial charge in [-0.05, 0) is 32.0 Å². The maximum absolute atomic E-state index is 10.9. The van der Waals surface area contributed by atoms with Crippen molar-refractivity contribution in [3.63, 3.8) is 0 Å². The highest BCUT2D eigenvalue weighted by molar-refractivity contribution is 5.61. The summed E-state index contributed by atoms with van der Waals surface area (Å²) in [6.45, 7) is 2.73. The molecular formula is C14H16N4O4. The predicted octanol–water partition coefficient (Wildman–Crippen LogP) is 2.25.